The van der Waals surface area contributed by atoms with Crippen molar-refractivity contribution in [2.24, 2.45) is 0 Å². The van der Waals surface area contributed by atoms with Crippen molar-refractivity contribution in [1.82, 2.24) is 4.47 Å². The molecule has 0 radical (unpaired) electrons. The molecule has 0 saturated carbocycles. The SMILES string of the molecule is CON(C)S(=O)(=O)c1ccc(N)c(C)c1. The van der Waals surface area contributed by atoms with E-state index in [1.807, 2.05) is 0 Å². The maximum atomic E-state index is 11.8. The van der Waals surface area contributed by atoms with Gasteiger partial charge in [-0.15, -0.1) is 0 Å². The lowest BCUT2D eigenvalue weighted by Gasteiger charge is -2.14. The van der Waals surface area contributed by atoms with Crippen molar-refractivity contribution in [3.63, 3.8) is 0 Å². The number of benzene rings is 1. The molecule has 15 heavy (non-hydrogen) atoms. The van der Waals surface area contributed by atoms with Crippen LogP contribution in [0, 0.1) is 6.92 Å². The zero-order valence-corrected chi connectivity index (χ0v) is 9.71. The molecule has 84 valence electrons. The van der Waals surface area contributed by atoms with Gasteiger partial charge in [-0.05, 0) is 30.7 Å². The van der Waals surface area contributed by atoms with Crippen LogP contribution in [0.1, 0.15) is 5.56 Å². The lowest BCUT2D eigenvalue weighted by atomic mass is 10.2. The number of sulfonamides is 1. The molecule has 1 aromatic rings. The number of hydroxylamine groups is 1. The Morgan fingerprint density at radius 1 is 1.40 bits per heavy atom. The quantitative estimate of drug-likeness (QED) is 0.614. The third kappa shape index (κ3) is 2.28. The minimum Gasteiger partial charge on any atom is -0.399 e. The van der Waals surface area contributed by atoms with E-state index in [4.69, 9.17) is 5.73 Å². The molecule has 0 aliphatic heterocycles. The van der Waals surface area contributed by atoms with Crippen molar-refractivity contribution in [3.8, 4) is 0 Å². The van der Waals surface area contributed by atoms with Crippen LogP contribution in [0.3, 0.4) is 0 Å². The summed E-state index contributed by atoms with van der Waals surface area (Å²) in [7, 11) is -0.945. The first kappa shape index (κ1) is 12.0. The van der Waals surface area contributed by atoms with Gasteiger partial charge in [-0.2, -0.15) is 0 Å². The Labute approximate surface area is 89.5 Å². The lowest BCUT2D eigenvalue weighted by Crippen LogP contribution is -2.25. The fourth-order valence-corrected chi connectivity index (χ4v) is 2.11. The van der Waals surface area contributed by atoms with Crippen LogP contribution in [0.15, 0.2) is 23.1 Å². The van der Waals surface area contributed by atoms with E-state index in [2.05, 4.69) is 4.84 Å². The fraction of sp³-hybridized carbons (Fsp3) is 0.333. The maximum absolute atomic E-state index is 11.8. The number of rotatable bonds is 3. The molecular formula is C9H14N2O3S. The molecule has 0 atom stereocenters. The highest BCUT2D eigenvalue weighted by molar-refractivity contribution is 7.89. The summed E-state index contributed by atoms with van der Waals surface area (Å²) < 4.78 is 24.4. The highest BCUT2D eigenvalue weighted by Crippen LogP contribution is 2.19. The number of hydrogen-bond donors (Lipinski definition) is 1. The average Bonchev–Trinajstić information content (AvgIpc) is 2.20. The zero-order valence-electron chi connectivity index (χ0n) is 8.89. The first-order chi connectivity index (χ1) is 6.89. The van der Waals surface area contributed by atoms with E-state index in [9.17, 15) is 8.42 Å². The second-order valence-electron chi connectivity index (χ2n) is 3.12. The van der Waals surface area contributed by atoms with E-state index in [0.29, 0.717) is 5.69 Å². The standard InChI is InChI=1S/C9H14N2O3S/c1-7-6-8(4-5-9(7)10)15(12,13)11(2)14-3/h4-6H,10H2,1-3H3. The van der Waals surface area contributed by atoms with Crippen molar-refractivity contribution in [2.45, 2.75) is 11.8 Å². The van der Waals surface area contributed by atoms with Gasteiger partial charge in [0.25, 0.3) is 10.0 Å². The van der Waals surface area contributed by atoms with Gasteiger partial charge in [0.05, 0.1) is 12.0 Å². The van der Waals surface area contributed by atoms with Crippen molar-refractivity contribution in [3.05, 3.63) is 23.8 Å². The summed E-state index contributed by atoms with van der Waals surface area (Å²) in [5.74, 6) is 0. The number of nitrogen functional groups attached to an aromatic ring is 1. The molecule has 0 aromatic heterocycles. The highest BCUT2D eigenvalue weighted by Gasteiger charge is 2.20. The Bertz CT molecular complexity index is 456. The fourth-order valence-electron chi connectivity index (χ4n) is 1.06. The minimum atomic E-state index is -3.57. The van der Waals surface area contributed by atoms with E-state index in [1.165, 1.54) is 26.3 Å². The van der Waals surface area contributed by atoms with Crippen LogP contribution in [0.2, 0.25) is 0 Å². The van der Waals surface area contributed by atoms with Crippen LogP contribution < -0.4 is 5.73 Å². The van der Waals surface area contributed by atoms with Gasteiger partial charge >= 0.3 is 0 Å². The third-order valence-corrected chi connectivity index (χ3v) is 3.81. The summed E-state index contributed by atoms with van der Waals surface area (Å²) in [6.07, 6.45) is 0. The number of hydrogen-bond acceptors (Lipinski definition) is 4. The Morgan fingerprint density at radius 3 is 2.47 bits per heavy atom. The molecule has 0 spiro atoms. The van der Waals surface area contributed by atoms with Crippen LogP contribution in [-0.2, 0) is 14.9 Å². The zero-order chi connectivity index (χ0) is 11.6. The molecule has 0 unspecified atom stereocenters. The van der Waals surface area contributed by atoms with Gasteiger partial charge in [0.2, 0.25) is 0 Å². The van der Waals surface area contributed by atoms with Crippen molar-refractivity contribution < 1.29 is 13.3 Å². The van der Waals surface area contributed by atoms with Crippen molar-refractivity contribution in [1.29, 1.82) is 0 Å². The molecule has 0 saturated heterocycles. The molecule has 5 nitrogen and oxygen atoms in total. The van der Waals surface area contributed by atoms with Crippen LogP contribution in [-0.4, -0.2) is 27.0 Å². The average molecular weight is 230 g/mol. The van der Waals surface area contributed by atoms with E-state index in [-0.39, 0.29) is 4.90 Å². The van der Waals surface area contributed by atoms with E-state index in [1.54, 1.807) is 13.0 Å². The number of aryl methyl sites for hydroxylation is 1. The Morgan fingerprint density at radius 2 is 2.00 bits per heavy atom. The number of nitrogens with two attached hydrogens (primary N) is 1. The van der Waals surface area contributed by atoms with Gasteiger partial charge in [0, 0.05) is 12.7 Å². The molecule has 0 aliphatic rings. The normalized spacial score (nSPS) is 12.0. The van der Waals surface area contributed by atoms with E-state index in [0.717, 1.165) is 10.0 Å². The van der Waals surface area contributed by atoms with Crippen LogP contribution in [0.5, 0.6) is 0 Å². The smallest absolute Gasteiger partial charge is 0.264 e. The molecule has 0 heterocycles. The molecule has 1 aromatic carbocycles. The summed E-state index contributed by atoms with van der Waals surface area (Å²) in [6.45, 7) is 1.75. The summed E-state index contributed by atoms with van der Waals surface area (Å²) in [4.78, 5) is 4.82. The molecule has 0 aliphatic carbocycles. The molecule has 1 rings (SSSR count). The summed E-state index contributed by atoms with van der Waals surface area (Å²) in [5.41, 5.74) is 6.89. The van der Waals surface area contributed by atoms with Gasteiger partial charge in [-0.25, -0.2) is 8.42 Å². The maximum Gasteiger partial charge on any atom is 0.264 e. The van der Waals surface area contributed by atoms with Crippen LogP contribution in [0.25, 0.3) is 0 Å². The second kappa shape index (κ2) is 4.18. The van der Waals surface area contributed by atoms with Gasteiger partial charge in [-0.3, -0.25) is 4.84 Å². The monoisotopic (exact) mass is 230 g/mol. The summed E-state index contributed by atoms with van der Waals surface area (Å²) >= 11 is 0. The lowest BCUT2D eigenvalue weighted by molar-refractivity contribution is -0.0258. The molecule has 2 N–H and O–H groups in total. The van der Waals surface area contributed by atoms with Gasteiger partial charge in [0.15, 0.2) is 0 Å². The molecule has 6 heteroatoms. The predicted octanol–water partition coefficient (Wildman–Crippen LogP) is 0.759. The minimum absolute atomic E-state index is 0.165. The number of nitrogens with zero attached hydrogens (tertiary/aromatic N) is 1. The first-order valence-electron chi connectivity index (χ1n) is 4.28. The summed E-state index contributed by atoms with van der Waals surface area (Å²) in [6, 6.07) is 4.53. The highest BCUT2D eigenvalue weighted by atomic mass is 32.2. The van der Waals surface area contributed by atoms with Crippen molar-refractivity contribution in [2.75, 3.05) is 19.9 Å². The third-order valence-electron chi connectivity index (χ3n) is 2.13. The Balaban J connectivity index is 3.23. The Hall–Kier alpha value is -1.11. The molecule has 0 bridgehead atoms. The van der Waals surface area contributed by atoms with Crippen LogP contribution in [0.4, 0.5) is 5.69 Å². The van der Waals surface area contributed by atoms with Gasteiger partial charge in [0.1, 0.15) is 0 Å². The first-order valence-corrected chi connectivity index (χ1v) is 5.72. The molecule has 0 amide bonds. The van der Waals surface area contributed by atoms with Crippen molar-refractivity contribution >= 4 is 15.7 Å². The van der Waals surface area contributed by atoms with E-state index < -0.39 is 10.0 Å². The van der Waals surface area contributed by atoms with Gasteiger partial charge in [-0.1, -0.05) is 4.47 Å². The second-order valence-corrected chi connectivity index (χ2v) is 5.05. The molecular weight excluding hydrogens is 216 g/mol. The number of anilines is 1. The van der Waals surface area contributed by atoms with E-state index >= 15 is 0 Å². The van der Waals surface area contributed by atoms with Gasteiger partial charge < -0.3 is 5.73 Å². The summed E-state index contributed by atoms with van der Waals surface area (Å²) in [5, 5.41) is 0. The Kier molecular flexibility index (Phi) is 3.33. The van der Waals surface area contributed by atoms with Crippen LogP contribution >= 0.6 is 0 Å². The predicted molar refractivity (Wildman–Crippen MR) is 57.5 cm³/mol. The molecule has 0 fully saturated rings. The largest absolute Gasteiger partial charge is 0.399 e. The topological polar surface area (TPSA) is 72.6 Å².